The molecule has 0 atom stereocenters. The second-order valence-corrected chi connectivity index (χ2v) is 6.36. The summed E-state index contributed by atoms with van der Waals surface area (Å²) in [6.07, 6.45) is 1.37. The lowest BCUT2D eigenvalue weighted by molar-refractivity contribution is -0.134. The highest BCUT2D eigenvalue weighted by Crippen LogP contribution is 2.30. The van der Waals surface area contributed by atoms with E-state index >= 15 is 0 Å². The van der Waals surface area contributed by atoms with Gasteiger partial charge in [0.25, 0.3) is 11.8 Å². The second-order valence-electron chi connectivity index (χ2n) is 6.36. The molecule has 0 aliphatic carbocycles. The van der Waals surface area contributed by atoms with Crippen LogP contribution in [0.1, 0.15) is 11.1 Å². The fourth-order valence-corrected chi connectivity index (χ4v) is 2.81. The molecular weight excluding hydrogens is 379 g/mol. The Labute approximate surface area is 166 Å². The van der Waals surface area contributed by atoms with Gasteiger partial charge in [0.15, 0.2) is 11.5 Å². The fraction of sp³-hybridized carbons (Fsp3) is 0.190. The summed E-state index contributed by atoms with van der Waals surface area (Å²) in [6, 6.07) is 10.4. The molecule has 1 saturated heterocycles. The molecule has 29 heavy (non-hydrogen) atoms. The van der Waals surface area contributed by atoms with Crippen molar-refractivity contribution in [2.75, 3.05) is 21.2 Å². The second kappa shape index (κ2) is 8.14. The van der Waals surface area contributed by atoms with Gasteiger partial charge in [0.05, 0.1) is 7.11 Å². The van der Waals surface area contributed by atoms with Crippen LogP contribution in [0.5, 0.6) is 11.5 Å². The zero-order valence-corrected chi connectivity index (χ0v) is 16.1. The molecule has 2 aromatic carbocycles. The lowest BCUT2D eigenvalue weighted by atomic mass is 10.1. The summed E-state index contributed by atoms with van der Waals surface area (Å²) in [6.45, 7) is -0.0269. The van der Waals surface area contributed by atoms with Crippen LogP contribution in [0.4, 0.5) is 9.18 Å². The first-order valence-electron chi connectivity index (χ1n) is 8.69. The molecule has 7 nitrogen and oxygen atoms in total. The average molecular weight is 398 g/mol. The highest BCUT2D eigenvalue weighted by atomic mass is 19.1. The largest absolute Gasteiger partial charge is 0.493 e. The molecule has 1 aliphatic heterocycles. The van der Waals surface area contributed by atoms with Crippen molar-refractivity contribution in [2.24, 2.45) is 0 Å². The minimum absolute atomic E-state index is 0.0269. The van der Waals surface area contributed by atoms with Crippen LogP contribution < -0.4 is 9.47 Å². The Bertz CT molecular complexity index is 992. The third-order valence-corrected chi connectivity index (χ3v) is 4.48. The number of hydrogen-bond acceptors (Lipinski definition) is 5. The summed E-state index contributed by atoms with van der Waals surface area (Å²) < 4.78 is 24.8. The normalized spacial score (nSPS) is 14.3. The van der Waals surface area contributed by atoms with Crippen LogP contribution in [0.15, 0.2) is 48.0 Å². The minimum Gasteiger partial charge on any atom is -0.493 e. The first-order valence-corrected chi connectivity index (χ1v) is 8.69. The van der Waals surface area contributed by atoms with Crippen molar-refractivity contribution < 1.29 is 28.2 Å². The van der Waals surface area contributed by atoms with E-state index in [1.54, 1.807) is 36.4 Å². The molecule has 1 fully saturated rings. The Morgan fingerprint density at radius 2 is 1.62 bits per heavy atom. The SMILES string of the molecule is COc1ccc(C=C2C(=O)N(C)C(=O)N(C)C2=O)cc1OCc1ccccc1F. The molecule has 0 bridgehead atoms. The number of barbiturate groups is 1. The van der Waals surface area contributed by atoms with Gasteiger partial charge in [-0.2, -0.15) is 0 Å². The number of hydrogen-bond donors (Lipinski definition) is 0. The summed E-state index contributed by atoms with van der Waals surface area (Å²) >= 11 is 0. The van der Waals surface area contributed by atoms with E-state index in [1.807, 2.05) is 0 Å². The summed E-state index contributed by atoms with van der Waals surface area (Å²) in [5, 5.41) is 0. The van der Waals surface area contributed by atoms with Crippen molar-refractivity contribution in [3.8, 4) is 11.5 Å². The van der Waals surface area contributed by atoms with Gasteiger partial charge in [-0.15, -0.1) is 0 Å². The molecule has 8 heteroatoms. The van der Waals surface area contributed by atoms with Crippen molar-refractivity contribution in [1.82, 2.24) is 9.80 Å². The van der Waals surface area contributed by atoms with Crippen LogP contribution in [-0.2, 0) is 16.2 Å². The molecule has 0 radical (unpaired) electrons. The number of methoxy groups -OCH3 is 1. The van der Waals surface area contributed by atoms with E-state index in [1.165, 1.54) is 33.3 Å². The fourth-order valence-electron chi connectivity index (χ4n) is 2.81. The van der Waals surface area contributed by atoms with Crippen molar-refractivity contribution in [1.29, 1.82) is 0 Å². The van der Waals surface area contributed by atoms with Gasteiger partial charge in [-0.3, -0.25) is 19.4 Å². The summed E-state index contributed by atoms with van der Waals surface area (Å²) in [5.74, 6) is -1.04. The smallest absolute Gasteiger partial charge is 0.333 e. The Morgan fingerprint density at radius 1 is 0.966 bits per heavy atom. The third-order valence-electron chi connectivity index (χ3n) is 4.48. The molecule has 0 saturated carbocycles. The number of rotatable bonds is 5. The van der Waals surface area contributed by atoms with Gasteiger partial charge in [0, 0.05) is 19.7 Å². The first kappa shape index (κ1) is 20.1. The van der Waals surface area contributed by atoms with Gasteiger partial charge in [-0.05, 0) is 29.8 Å². The standard InChI is InChI=1S/C21H19FN2O5/c1-23-19(25)15(20(26)24(2)21(23)27)10-13-8-9-17(28-3)18(11-13)29-12-14-6-4-5-7-16(14)22/h4-11H,12H2,1-3H3. The number of nitrogens with zero attached hydrogens (tertiary/aromatic N) is 2. The number of imide groups is 2. The van der Waals surface area contributed by atoms with E-state index in [2.05, 4.69) is 0 Å². The monoisotopic (exact) mass is 398 g/mol. The zero-order valence-electron chi connectivity index (χ0n) is 16.1. The predicted octanol–water partition coefficient (Wildman–Crippen LogP) is 2.85. The highest BCUT2D eigenvalue weighted by molar-refractivity contribution is 6.30. The molecule has 1 heterocycles. The Morgan fingerprint density at radius 3 is 2.24 bits per heavy atom. The van der Waals surface area contributed by atoms with Crippen LogP contribution in [0.25, 0.3) is 6.08 Å². The number of carbonyl (C=O) groups excluding carboxylic acids is 3. The average Bonchev–Trinajstić information content (AvgIpc) is 2.73. The maximum absolute atomic E-state index is 13.8. The van der Waals surface area contributed by atoms with Crippen LogP contribution in [-0.4, -0.2) is 48.9 Å². The molecule has 0 N–H and O–H groups in total. The van der Waals surface area contributed by atoms with Crippen LogP contribution in [0.2, 0.25) is 0 Å². The topological polar surface area (TPSA) is 76.2 Å². The molecular formula is C21H19FN2O5. The van der Waals surface area contributed by atoms with Gasteiger partial charge in [-0.25, -0.2) is 9.18 Å². The van der Waals surface area contributed by atoms with E-state index in [0.717, 1.165) is 9.80 Å². The van der Waals surface area contributed by atoms with Crippen LogP contribution in [0, 0.1) is 5.82 Å². The molecule has 0 unspecified atom stereocenters. The zero-order chi connectivity index (χ0) is 21.1. The van der Waals surface area contributed by atoms with Gasteiger partial charge in [-0.1, -0.05) is 24.3 Å². The number of halogens is 1. The molecule has 4 amide bonds. The number of urea groups is 1. The molecule has 1 aliphatic rings. The lowest BCUT2D eigenvalue weighted by Crippen LogP contribution is -2.52. The van der Waals surface area contributed by atoms with Crippen molar-refractivity contribution in [2.45, 2.75) is 6.61 Å². The molecule has 0 aromatic heterocycles. The van der Waals surface area contributed by atoms with Crippen molar-refractivity contribution in [3.63, 3.8) is 0 Å². The quantitative estimate of drug-likeness (QED) is 0.572. The number of likely N-dealkylation sites (N-methyl/N-ethyl adjacent to an activating group) is 2. The Balaban J connectivity index is 1.91. The lowest BCUT2D eigenvalue weighted by Gasteiger charge is -2.28. The van der Waals surface area contributed by atoms with Gasteiger partial charge < -0.3 is 9.47 Å². The molecule has 0 spiro atoms. The van der Waals surface area contributed by atoms with Crippen molar-refractivity contribution >= 4 is 23.9 Å². The summed E-state index contributed by atoms with van der Waals surface area (Å²) in [4.78, 5) is 38.3. The maximum Gasteiger partial charge on any atom is 0.333 e. The maximum atomic E-state index is 13.8. The number of amides is 4. The predicted molar refractivity (Wildman–Crippen MR) is 103 cm³/mol. The van der Waals surface area contributed by atoms with Gasteiger partial charge in [0.2, 0.25) is 0 Å². The van der Waals surface area contributed by atoms with Crippen LogP contribution >= 0.6 is 0 Å². The Hall–Kier alpha value is -3.68. The van der Waals surface area contributed by atoms with E-state index < -0.39 is 17.8 Å². The molecule has 2 aromatic rings. The summed E-state index contributed by atoms with van der Waals surface area (Å²) in [7, 11) is 4.07. The number of benzene rings is 2. The molecule has 3 rings (SSSR count). The van der Waals surface area contributed by atoms with E-state index in [4.69, 9.17) is 9.47 Å². The number of carbonyl (C=O) groups is 3. The number of ether oxygens (including phenoxy) is 2. The van der Waals surface area contributed by atoms with E-state index in [9.17, 15) is 18.8 Å². The Kier molecular flexibility index (Phi) is 5.63. The highest BCUT2D eigenvalue weighted by Gasteiger charge is 2.37. The van der Waals surface area contributed by atoms with E-state index in [-0.39, 0.29) is 18.0 Å². The van der Waals surface area contributed by atoms with Crippen LogP contribution in [0.3, 0.4) is 0 Å². The molecule has 150 valence electrons. The van der Waals surface area contributed by atoms with Gasteiger partial charge in [0.1, 0.15) is 18.0 Å². The third kappa shape index (κ3) is 3.96. The van der Waals surface area contributed by atoms with E-state index in [0.29, 0.717) is 22.6 Å². The minimum atomic E-state index is -0.694. The van der Waals surface area contributed by atoms with Gasteiger partial charge >= 0.3 is 6.03 Å². The van der Waals surface area contributed by atoms with Crippen molar-refractivity contribution in [3.05, 3.63) is 65.0 Å². The first-order chi connectivity index (χ1) is 13.8. The summed E-state index contributed by atoms with van der Waals surface area (Å²) in [5.41, 5.74) is 0.708.